The summed E-state index contributed by atoms with van der Waals surface area (Å²) in [4.78, 5) is 0. The summed E-state index contributed by atoms with van der Waals surface area (Å²) in [6.45, 7) is 16.9. The summed E-state index contributed by atoms with van der Waals surface area (Å²) >= 11 is 0. The number of unbranched alkanes of at least 4 members (excludes halogenated alkanes) is 1. The fourth-order valence-electron chi connectivity index (χ4n) is 3.11. The zero-order valence-corrected chi connectivity index (χ0v) is 18.5. The van der Waals surface area contributed by atoms with E-state index in [0.717, 1.165) is 5.92 Å². The Kier molecular flexibility index (Phi) is 16.2. The molecule has 0 nitrogen and oxygen atoms in total. The van der Waals surface area contributed by atoms with Crippen molar-refractivity contribution in [3.8, 4) is 0 Å². The Labute approximate surface area is 150 Å². The molecule has 0 aromatic carbocycles. The van der Waals surface area contributed by atoms with Crippen LogP contribution >= 0.6 is 34.0 Å². The van der Waals surface area contributed by atoms with E-state index in [1.54, 1.807) is 0 Å². The van der Waals surface area contributed by atoms with Gasteiger partial charge in [0.1, 0.15) is 0 Å². The Morgan fingerprint density at radius 1 is 0.750 bits per heavy atom. The van der Waals surface area contributed by atoms with Gasteiger partial charge in [-0.3, -0.25) is 0 Å². The second-order valence-electron chi connectivity index (χ2n) is 6.92. The predicted molar refractivity (Wildman–Crippen MR) is 106 cm³/mol. The molecule has 1 atom stereocenters. The van der Waals surface area contributed by atoms with Gasteiger partial charge in [-0.05, 0) is 29.6 Å². The minimum absolute atomic E-state index is 0. The molecule has 1 unspecified atom stereocenters. The largest absolute Gasteiger partial charge is 0.114 e. The van der Waals surface area contributed by atoms with Crippen molar-refractivity contribution in [1.29, 1.82) is 0 Å². The van der Waals surface area contributed by atoms with Gasteiger partial charge in [-0.2, -0.15) is 0 Å². The third-order valence-corrected chi connectivity index (χ3v) is 5.95. The predicted octanol–water partition coefficient (Wildman–Crippen LogP) is 7.99. The molecule has 0 saturated carbocycles. The molecule has 0 radical (unpaired) electrons. The number of hydrogen-bond acceptors (Lipinski definition) is 0. The van der Waals surface area contributed by atoms with Gasteiger partial charge in [-0.15, -0.1) is 34.0 Å². The van der Waals surface area contributed by atoms with E-state index in [1.165, 1.54) is 51.4 Å². The van der Waals surface area contributed by atoms with Gasteiger partial charge < -0.3 is 0 Å². The summed E-state index contributed by atoms with van der Waals surface area (Å²) < 4.78 is 0. The third kappa shape index (κ3) is 7.82. The van der Waals surface area contributed by atoms with E-state index in [1.807, 2.05) is 0 Å². The maximum atomic E-state index is 2.53. The van der Waals surface area contributed by atoms with Crippen LogP contribution in [0, 0.1) is 16.7 Å². The molecule has 0 fully saturated rings. The van der Waals surface area contributed by atoms with E-state index in [2.05, 4.69) is 48.5 Å². The lowest BCUT2D eigenvalue weighted by molar-refractivity contribution is 0.0889. The molecular weight excluding hydrogens is 376 g/mol. The number of rotatable bonds is 10. The van der Waals surface area contributed by atoms with Gasteiger partial charge in [0.05, 0.1) is 0 Å². The van der Waals surface area contributed by atoms with E-state index in [9.17, 15) is 0 Å². The quantitative estimate of drug-likeness (QED) is 0.339. The van der Waals surface area contributed by atoms with Crippen LogP contribution in [0.4, 0.5) is 0 Å². The average molecular weight is 416 g/mol. The zero-order chi connectivity index (χ0) is 14.2. The molecule has 2 heteroatoms. The molecule has 0 aliphatic rings. The van der Waals surface area contributed by atoms with Crippen molar-refractivity contribution in [2.24, 2.45) is 16.7 Å². The highest BCUT2D eigenvalue weighted by Gasteiger charge is 2.35. The van der Waals surface area contributed by atoms with Crippen LogP contribution in [0.2, 0.25) is 0 Å². The Morgan fingerprint density at radius 2 is 1.20 bits per heavy atom. The van der Waals surface area contributed by atoms with Crippen LogP contribution in [0.5, 0.6) is 0 Å². The third-order valence-electron chi connectivity index (χ3n) is 5.95. The molecule has 0 aliphatic heterocycles. The molecule has 0 aliphatic carbocycles. The van der Waals surface area contributed by atoms with Crippen LogP contribution in [0.1, 0.15) is 99.8 Å². The number of halogens is 2. The van der Waals surface area contributed by atoms with E-state index in [4.69, 9.17) is 0 Å². The summed E-state index contributed by atoms with van der Waals surface area (Å²) in [7, 11) is 0. The first-order valence-corrected chi connectivity index (χ1v) is 8.41. The molecule has 20 heavy (non-hydrogen) atoms. The minimum Gasteiger partial charge on any atom is -0.114 e. The van der Waals surface area contributed by atoms with Crippen molar-refractivity contribution in [1.82, 2.24) is 0 Å². The van der Waals surface area contributed by atoms with Gasteiger partial charge in [0, 0.05) is 0 Å². The van der Waals surface area contributed by atoms with E-state index in [0.29, 0.717) is 10.8 Å². The molecular formula is C18H40Br2. The fraction of sp³-hybridized carbons (Fsp3) is 1.00. The Bertz CT molecular complexity index is 205. The molecule has 0 N–H and O–H groups in total. The highest BCUT2D eigenvalue weighted by molar-refractivity contribution is 8.93. The van der Waals surface area contributed by atoms with Crippen molar-refractivity contribution in [2.45, 2.75) is 99.8 Å². The van der Waals surface area contributed by atoms with Crippen LogP contribution in [-0.2, 0) is 0 Å². The zero-order valence-electron chi connectivity index (χ0n) is 15.1. The molecule has 0 saturated heterocycles. The van der Waals surface area contributed by atoms with Gasteiger partial charge in [0.15, 0.2) is 0 Å². The molecule has 0 bridgehead atoms. The van der Waals surface area contributed by atoms with Crippen molar-refractivity contribution >= 4 is 34.0 Å². The van der Waals surface area contributed by atoms with Crippen LogP contribution in [-0.4, -0.2) is 0 Å². The fourth-order valence-corrected chi connectivity index (χ4v) is 3.11. The van der Waals surface area contributed by atoms with Crippen LogP contribution in [0.15, 0.2) is 0 Å². The first-order chi connectivity index (χ1) is 8.41. The lowest BCUT2D eigenvalue weighted by atomic mass is 9.63. The van der Waals surface area contributed by atoms with Gasteiger partial charge in [-0.1, -0.05) is 87.0 Å². The first-order valence-electron chi connectivity index (χ1n) is 8.41. The lowest BCUT2D eigenvalue weighted by Crippen LogP contribution is -2.31. The molecule has 0 spiro atoms. The van der Waals surface area contributed by atoms with Gasteiger partial charge in [-0.25, -0.2) is 0 Å². The highest BCUT2D eigenvalue weighted by atomic mass is 79.9. The molecule has 0 heterocycles. The first kappa shape index (κ1) is 25.9. The van der Waals surface area contributed by atoms with E-state index >= 15 is 0 Å². The van der Waals surface area contributed by atoms with Crippen LogP contribution in [0.25, 0.3) is 0 Å². The monoisotopic (exact) mass is 414 g/mol. The van der Waals surface area contributed by atoms with Crippen molar-refractivity contribution < 1.29 is 0 Å². The maximum absolute atomic E-state index is 2.53. The van der Waals surface area contributed by atoms with Crippen molar-refractivity contribution in [3.63, 3.8) is 0 Å². The van der Waals surface area contributed by atoms with E-state index < -0.39 is 0 Å². The van der Waals surface area contributed by atoms with Crippen molar-refractivity contribution in [2.75, 3.05) is 0 Å². The lowest BCUT2D eigenvalue weighted by Gasteiger charge is -2.42. The number of hydrogen-bond donors (Lipinski definition) is 0. The van der Waals surface area contributed by atoms with Gasteiger partial charge in [0.2, 0.25) is 0 Å². The topological polar surface area (TPSA) is 0 Å². The standard InChI is InChI=1S/C18H38.2BrH/c1-8-13-14-16(18(7,11-4)12-5)15-17(6,9-2)10-3;;/h16H,8-15H2,1-7H3;2*1H. The van der Waals surface area contributed by atoms with Crippen LogP contribution < -0.4 is 0 Å². The maximum Gasteiger partial charge on any atom is -0.0303 e. The summed E-state index contributed by atoms with van der Waals surface area (Å²) in [5, 5.41) is 0. The van der Waals surface area contributed by atoms with Crippen LogP contribution in [0.3, 0.4) is 0 Å². The molecule has 0 amide bonds. The summed E-state index contributed by atoms with van der Waals surface area (Å²) in [6.07, 6.45) is 10.9. The smallest absolute Gasteiger partial charge is 0.0303 e. The Morgan fingerprint density at radius 3 is 1.50 bits per heavy atom. The minimum atomic E-state index is 0. The second kappa shape index (κ2) is 12.5. The Balaban J connectivity index is -0.00000144. The second-order valence-corrected chi connectivity index (χ2v) is 6.92. The highest BCUT2D eigenvalue weighted by Crippen LogP contribution is 2.46. The SMILES string of the molecule is Br.Br.CCCCC(CC(C)(CC)CC)C(C)(CC)CC. The van der Waals surface area contributed by atoms with Crippen molar-refractivity contribution in [3.05, 3.63) is 0 Å². The van der Waals surface area contributed by atoms with E-state index in [-0.39, 0.29) is 34.0 Å². The average Bonchev–Trinajstić information content (AvgIpc) is 2.42. The van der Waals surface area contributed by atoms with Gasteiger partial charge >= 0.3 is 0 Å². The summed E-state index contributed by atoms with van der Waals surface area (Å²) in [5.74, 6) is 0.914. The summed E-state index contributed by atoms with van der Waals surface area (Å²) in [5.41, 5.74) is 1.12. The molecule has 0 rings (SSSR count). The molecule has 0 aromatic heterocycles. The molecule has 126 valence electrons. The summed E-state index contributed by atoms with van der Waals surface area (Å²) in [6, 6.07) is 0. The van der Waals surface area contributed by atoms with Gasteiger partial charge in [0.25, 0.3) is 0 Å². The molecule has 0 aromatic rings. The normalized spacial score (nSPS) is 13.3. The Hall–Kier alpha value is 0.960.